The normalized spacial score (nSPS) is 22.0. The predicted molar refractivity (Wildman–Crippen MR) is 119 cm³/mol. The van der Waals surface area contributed by atoms with Crippen LogP contribution in [0.5, 0.6) is 0 Å². The first-order valence-electron chi connectivity index (χ1n) is 10.5. The van der Waals surface area contributed by atoms with Crippen LogP contribution in [0.2, 0.25) is 0 Å². The summed E-state index contributed by atoms with van der Waals surface area (Å²) in [4.78, 5) is 18.0. The van der Waals surface area contributed by atoms with Crippen LogP contribution in [0.25, 0.3) is 11.1 Å². The van der Waals surface area contributed by atoms with Crippen LogP contribution in [0.3, 0.4) is 0 Å². The summed E-state index contributed by atoms with van der Waals surface area (Å²) in [5, 5.41) is 9.34. The summed E-state index contributed by atoms with van der Waals surface area (Å²) < 4.78 is 0. The van der Waals surface area contributed by atoms with Crippen LogP contribution in [-0.2, 0) is 12.0 Å². The Morgan fingerprint density at radius 3 is 2.47 bits per heavy atom. The highest BCUT2D eigenvalue weighted by Gasteiger charge is 2.38. The van der Waals surface area contributed by atoms with Crippen LogP contribution in [0.15, 0.2) is 73.1 Å². The van der Waals surface area contributed by atoms with Gasteiger partial charge in [-0.2, -0.15) is 0 Å². The minimum Gasteiger partial charge on any atom is -0.478 e. The molecule has 1 N–H and O–H groups in total. The van der Waals surface area contributed by atoms with Crippen molar-refractivity contribution in [1.82, 2.24) is 9.88 Å². The average molecular weight is 401 g/mol. The zero-order chi connectivity index (χ0) is 21.1. The molecule has 4 heteroatoms. The molecule has 4 nitrogen and oxygen atoms in total. The average Bonchev–Trinajstić information content (AvgIpc) is 2.77. The maximum atomic E-state index is 11.4. The number of carbonyl (C=O) groups is 1. The zero-order valence-corrected chi connectivity index (χ0v) is 17.6. The van der Waals surface area contributed by atoms with E-state index in [1.807, 2.05) is 36.7 Å². The highest BCUT2D eigenvalue weighted by Crippen LogP contribution is 2.40. The van der Waals surface area contributed by atoms with Crippen LogP contribution in [0, 0.1) is 5.92 Å². The first-order chi connectivity index (χ1) is 14.5. The molecule has 0 amide bonds. The molecule has 0 bridgehead atoms. The van der Waals surface area contributed by atoms with Crippen molar-refractivity contribution in [3.05, 3.63) is 89.7 Å². The highest BCUT2D eigenvalue weighted by molar-refractivity contribution is 5.87. The summed E-state index contributed by atoms with van der Waals surface area (Å²) in [6.45, 7) is 7.50. The van der Waals surface area contributed by atoms with Crippen molar-refractivity contribution in [2.75, 3.05) is 13.1 Å². The van der Waals surface area contributed by atoms with Gasteiger partial charge in [-0.05, 0) is 70.8 Å². The standard InChI is InChI=1S/C26H28N2O2/c1-19-17-28(15-12-26(19,2)24-5-3-4-23(16-24)25(29)30)18-20-6-8-21(9-7-20)22-10-13-27-14-11-22/h3-11,13-14,16,19H,12,15,17-18H2,1-2H3,(H,29,30). The number of rotatable bonds is 5. The van der Waals surface area contributed by atoms with E-state index in [9.17, 15) is 9.90 Å². The van der Waals surface area contributed by atoms with E-state index in [4.69, 9.17) is 0 Å². The number of hydrogen-bond acceptors (Lipinski definition) is 3. The second-order valence-electron chi connectivity index (χ2n) is 8.62. The third-order valence-corrected chi connectivity index (χ3v) is 6.71. The number of likely N-dealkylation sites (tertiary alicyclic amines) is 1. The van der Waals surface area contributed by atoms with Crippen LogP contribution in [0.1, 0.15) is 41.8 Å². The molecule has 1 saturated heterocycles. The van der Waals surface area contributed by atoms with Gasteiger partial charge in [0.25, 0.3) is 0 Å². The number of carboxylic acid groups (broad SMARTS) is 1. The molecular weight excluding hydrogens is 372 g/mol. The van der Waals surface area contributed by atoms with Crippen molar-refractivity contribution in [3.8, 4) is 11.1 Å². The Balaban J connectivity index is 1.43. The van der Waals surface area contributed by atoms with Gasteiger partial charge in [-0.3, -0.25) is 9.88 Å². The van der Waals surface area contributed by atoms with Gasteiger partial charge in [-0.25, -0.2) is 4.79 Å². The number of aromatic nitrogens is 1. The fourth-order valence-corrected chi connectivity index (χ4v) is 4.50. The maximum Gasteiger partial charge on any atom is 0.335 e. The van der Waals surface area contributed by atoms with Crippen molar-refractivity contribution < 1.29 is 9.90 Å². The van der Waals surface area contributed by atoms with Crippen molar-refractivity contribution in [2.24, 2.45) is 5.92 Å². The van der Waals surface area contributed by atoms with Gasteiger partial charge in [0.15, 0.2) is 0 Å². The van der Waals surface area contributed by atoms with Crippen LogP contribution < -0.4 is 0 Å². The molecule has 0 aliphatic carbocycles. The van der Waals surface area contributed by atoms with E-state index in [-0.39, 0.29) is 5.41 Å². The summed E-state index contributed by atoms with van der Waals surface area (Å²) in [5.41, 5.74) is 5.21. The van der Waals surface area contributed by atoms with E-state index in [0.29, 0.717) is 11.5 Å². The number of carboxylic acids is 1. The maximum absolute atomic E-state index is 11.4. The number of nitrogens with zero attached hydrogens (tertiary/aromatic N) is 2. The van der Waals surface area contributed by atoms with E-state index in [1.54, 1.807) is 6.07 Å². The summed E-state index contributed by atoms with van der Waals surface area (Å²) in [6, 6.07) is 20.3. The molecule has 2 unspecified atom stereocenters. The topological polar surface area (TPSA) is 53.4 Å². The molecular formula is C26H28N2O2. The molecule has 2 aromatic carbocycles. The molecule has 0 radical (unpaired) electrons. The molecule has 0 saturated carbocycles. The molecule has 2 heterocycles. The number of benzene rings is 2. The number of hydrogen-bond donors (Lipinski definition) is 1. The minimum absolute atomic E-state index is 0.00678. The Bertz CT molecular complexity index is 1020. The van der Waals surface area contributed by atoms with Gasteiger partial charge >= 0.3 is 5.97 Å². The lowest BCUT2D eigenvalue weighted by Gasteiger charge is -2.45. The SMILES string of the molecule is CC1CN(Cc2ccc(-c3ccncc3)cc2)CCC1(C)c1cccc(C(=O)O)c1. The molecule has 3 aromatic rings. The van der Waals surface area contributed by atoms with Crippen LogP contribution in [-0.4, -0.2) is 34.0 Å². The predicted octanol–water partition coefficient (Wildman–Crippen LogP) is 5.25. The smallest absolute Gasteiger partial charge is 0.335 e. The van der Waals surface area contributed by atoms with Gasteiger partial charge in [0, 0.05) is 25.5 Å². The Morgan fingerprint density at radius 2 is 1.80 bits per heavy atom. The molecule has 1 aliphatic heterocycles. The third-order valence-electron chi connectivity index (χ3n) is 6.71. The summed E-state index contributed by atoms with van der Waals surface area (Å²) in [5.74, 6) is -0.424. The van der Waals surface area contributed by atoms with E-state index >= 15 is 0 Å². The lowest BCUT2D eigenvalue weighted by atomic mass is 9.68. The second-order valence-corrected chi connectivity index (χ2v) is 8.62. The Kier molecular flexibility index (Phi) is 5.69. The fourth-order valence-electron chi connectivity index (χ4n) is 4.50. The first kappa shape index (κ1) is 20.3. The van der Waals surface area contributed by atoms with Gasteiger partial charge in [0.2, 0.25) is 0 Å². The van der Waals surface area contributed by atoms with E-state index in [0.717, 1.165) is 31.6 Å². The van der Waals surface area contributed by atoms with Crippen molar-refractivity contribution >= 4 is 5.97 Å². The zero-order valence-electron chi connectivity index (χ0n) is 17.6. The lowest BCUT2D eigenvalue weighted by molar-refractivity contribution is 0.0696. The molecule has 1 aliphatic rings. The van der Waals surface area contributed by atoms with E-state index in [2.05, 4.69) is 54.1 Å². The summed E-state index contributed by atoms with van der Waals surface area (Å²) >= 11 is 0. The Labute approximate surface area is 178 Å². The van der Waals surface area contributed by atoms with Gasteiger partial charge in [0.1, 0.15) is 0 Å². The van der Waals surface area contributed by atoms with Gasteiger partial charge < -0.3 is 5.11 Å². The first-order valence-corrected chi connectivity index (χ1v) is 10.5. The monoisotopic (exact) mass is 400 g/mol. The van der Waals surface area contributed by atoms with Crippen molar-refractivity contribution in [3.63, 3.8) is 0 Å². The fraction of sp³-hybridized carbons (Fsp3) is 0.308. The van der Waals surface area contributed by atoms with E-state index in [1.165, 1.54) is 16.7 Å². The molecule has 30 heavy (non-hydrogen) atoms. The van der Waals surface area contributed by atoms with Crippen LogP contribution in [0.4, 0.5) is 0 Å². The van der Waals surface area contributed by atoms with Crippen LogP contribution >= 0.6 is 0 Å². The van der Waals surface area contributed by atoms with Crippen molar-refractivity contribution in [1.29, 1.82) is 0 Å². The number of aromatic carboxylic acids is 1. The molecule has 1 fully saturated rings. The third kappa shape index (κ3) is 4.14. The Morgan fingerprint density at radius 1 is 1.10 bits per heavy atom. The molecule has 0 spiro atoms. The van der Waals surface area contributed by atoms with Gasteiger partial charge in [-0.1, -0.05) is 50.2 Å². The highest BCUT2D eigenvalue weighted by atomic mass is 16.4. The van der Waals surface area contributed by atoms with E-state index < -0.39 is 5.97 Å². The molecule has 154 valence electrons. The molecule has 2 atom stereocenters. The summed E-state index contributed by atoms with van der Waals surface area (Å²) in [7, 11) is 0. The summed E-state index contributed by atoms with van der Waals surface area (Å²) in [6.07, 6.45) is 4.66. The largest absolute Gasteiger partial charge is 0.478 e. The van der Waals surface area contributed by atoms with Crippen molar-refractivity contribution in [2.45, 2.75) is 32.2 Å². The quantitative estimate of drug-likeness (QED) is 0.636. The number of pyridine rings is 1. The number of piperidine rings is 1. The van der Waals surface area contributed by atoms with Gasteiger partial charge in [-0.15, -0.1) is 0 Å². The molecule has 1 aromatic heterocycles. The molecule has 4 rings (SSSR count). The minimum atomic E-state index is -0.860. The Hall–Kier alpha value is -2.98. The lowest BCUT2D eigenvalue weighted by Crippen LogP contribution is -2.47. The van der Waals surface area contributed by atoms with Gasteiger partial charge in [0.05, 0.1) is 5.56 Å². The second kappa shape index (κ2) is 8.41.